The van der Waals surface area contributed by atoms with Crippen molar-refractivity contribution >= 4 is 11.0 Å². The van der Waals surface area contributed by atoms with Gasteiger partial charge in [-0.25, -0.2) is 4.39 Å². The molecule has 3 heteroatoms. The van der Waals surface area contributed by atoms with Gasteiger partial charge in [-0.2, -0.15) is 0 Å². The van der Waals surface area contributed by atoms with Crippen molar-refractivity contribution in [3.63, 3.8) is 0 Å². The fourth-order valence-corrected chi connectivity index (χ4v) is 2.44. The SMILES string of the molecule is Cc1ccc(C)c(C(N)c2cc3cc(F)ccc3o2)c1. The highest BCUT2D eigenvalue weighted by Gasteiger charge is 2.16. The zero-order valence-electron chi connectivity index (χ0n) is 11.5. The smallest absolute Gasteiger partial charge is 0.134 e. The lowest BCUT2D eigenvalue weighted by atomic mass is 9.98. The van der Waals surface area contributed by atoms with Crippen LogP contribution in [-0.2, 0) is 0 Å². The molecular weight excluding hydrogens is 253 g/mol. The molecule has 0 saturated carbocycles. The summed E-state index contributed by atoms with van der Waals surface area (Å²) in [6.45, 7) is 4.06. The van der Waals surface area contributed by atoms with Gasteiger partial charge in [0.1, 0.15) is 17.2 Å². The molecule has 3 rings (SSSR count). The van der Waals surface area contributed by atoms with Gasteiger partial charge in [0, 0.05) is 5.39 Å². The van der Waals surface area contributed by atoms with Crippen LogP contribution in [-0.4, -0.2) is 0 Å². The van der Waals surface area contributed by atoms with Gasteiger partial charge in [0.05, 0.1) is 6.04 Å². The molecule has 2 aromatic carbocycles. The zero-order valence-corrected chi connectivity index (χ0v) is 11.5. The van der Waals surface area contributed by atoms with E-state index in [0.29, 0.717) is 11.3 Å². The summed E-state index contributed by atoms with van der Waals surface area (Å²) in [5.74, 6) is 0.379. The molecular formula is C17H16FNO. The Kier molecular flexibility index (Phi) is 3.07. The maximum Gasteiger partial charge on any atom is 0.134 e. The van der Waals surface area contributed by atoms with Crippen molar-refractivity contribution in [3.05, 3.63) is 70.7 Å². The average Bonchev–Trinajstić information content (AvgIpc) is 2.83. The molecule has 1 heterocycles. The topological polar surface area (TPSA) is 39.2 Å². The summed E-state index contributed by atoms with van der Waals surface area (Å²) in [5, 5.41) is 0.737. The Morgan fingerprint density at radius 1 is 1.05 bits per heavy atom. The second kappa shape index (κ2) is 4.76. The number of furan rings is 1. The molecule has 102 valence electrons. The Hall–Kier alpha value is -2.13. The molecule has 0 aliphatic heterocycles. The van der Waals surface area contributed by atoms with Crippen LogP contribution in [0.4, 0.5) is 4.39 Å². The number of benzene rings is 2. The maximum absolute atomic E-state index is 13.2. The summed E-state index contributed by atoms with van der Waals surface area (Å²) < 4.78 is 19.0. The normalized spacial score (nSPS) is 12.8. The van der Waals surface area contributed by atoms with E-state index in [0.717, 1.165) is 22.1 Å². The highest BCUT2D eigenvalue weighted by Crippen LogP contribution is 2.29. The van der Waals surface area contributed by atoms with E-state index in [-0.39, 0.29) is 11.9 Å². The largest absolute Gasteiger partial charge is 0.459 e. The Morgan fingerprint density at radius 3 is 2.65 bits per heavy atom. The predicted molar refractivity (Wildman–Crippen MR) is 78.1 cm³/mol. The van der Waals surface area contributed by atoms with Crippen molar-refractivity contribution in [2.75, 3.05) is 0 Å². The third-order valence-electron chi connectivity index (χ3n) is 3.57. The molecule has 1 unspecified atom stereocenters. The fraction of sp³-hybridized carbons (Fsp3) is 0.176. The monoisotopic (exact) mass is 269 g/mol. The molecule has 0 fully saturated rings. The van der Waals surface area contributed by atoms with E-state index in [1.807, 2.05) is 26.0 Å². The Morgan fingerprint density at radius 2 is 1.85 bits per heavy atom. The van der Waals surface area contributed by atoms with Gasteiger partial charge in [0.15, 0.2) is 0 Å². The first-order chi connectivity index (χ1) is 9.54. The molecule has 1 aromatic heterocycles. The molecule has 2 nitrogen and oxygen atoms in total. The highest BCUT2D eigenvalue weighted by atomic mass is 19.1. The minimum atomic E-state index is -0.342. The standard InChI is InChI=1S/C17H16FNO/c1-10-3-4-11(2)14(7-10)17(19)16-9-12-8-13(18)5-6-15(12)20-16/h3-9,17H,19H2,1-2H3. The summed E-state index contributed by atoms with van der Waals surface area (Å²) in [7, 11) is 0. The van der Waals surface area contributed by atoms with Crippen molar-refractivity contribution < 1.29 is 8.81 Å². The van der Waals surface area contributed by atoms with Crippen LogP contribution in [0.15, 0.2) is 46.9 Å². The van der Waals surface area contributed by atoms with Gasteiger partial charge in [0.2, 0.25) is 0 Å². The predicted octanol–water partition coefficient (Wildman–Crippen LogP) is 4.24. The van der Waals surface area contributed by atoms with Crippen LogP contribution < -0.4 is 5.73 Å². The number of hydrogen-bond donors (Lipinski definition) is 1. The van der Waals surface area contributed by atoms with E-state index >= 15 is 0 Å². The summed E-state index contributed by atoms with van der Waals surface area (Å²) in [4.78, 5) is 0. The zero-order chi connectivity index (χ0) is 14.3. The fourth-order valence-electron chi connectivity index (χ4n) is 2.44. The molecule has 0 aliphatic rings. The van der Waals surface area contributed by atoms with Gasteiger partial charge in [0.25, 0.3) is 0 Å². The first-order valence-electron chi connectivity index (χ1n) is 6.56. The van der Waals surface area contributed by atoms with E-state index in [1.54, 1.807) is 6.07 Å². The van der Waals surface area contributed by atoms with Crippen molar-refractivity contribution in [1.82, 2.24) is 0 Å². The van der Waals surface area contributed by atoms with Gasteiger partial charge >= 0.3 is 0 Å². The lowest BCUT2D eigenvalue weighted by Crippen LogP contribution is -2.12. The number of aryl methyl sites for hydroxylation is 2. The van der Waals surface area contributed by atoms with Gasteiger partial charge < -0.3 is 10.2 Å². The lowest BCUT2D eigenvalue weighted by Gasteiger charge is -2.13. The van der Waals surface area contributed by atoms with Crippen LogP contribution in [0.1, 0.15) is 28.5 Å². The number of hydrogen-bond acceptors (Lipinski definition) is 2. The Balaban J connectivity index is 2.07. The molecule has 0 amide bonds. The molecule has 20 heavy (non-hydrogen) atoms. The number of nitrogens with two attached hydrogens (primary N) is 1. The van der Waals surface area contributed by atoms with E-state index in [1.165, 1.54) is 12.1 Å². The molecule has 0 aliphatic carbocycles. The number of fused-ring (bicyclic) bond motifs is 1. The molecule has 1 atom stereocenters. The van der Waals surface area contributed by atoms with Gasteiger partial charge in [-0.15, -0.1) is 0 Å². The van der Waals surface area contributed by atoms with Gasteiger partial charge in [-0.3, -0.25) is 0 Å². The molecule has 0 bridgehead atoms. The van der Waals surface area contributed by atoms with Crippen molar-refractivity contribution in [3.8, 4) is 0 Å². The Bertz CT molecular complexity index is 776. The first kappa shape index (κ1) is 12.9. The van der Waals surface area contributed by atoms with Gasteiger partial charge in [-0.1, -0.05) is 23.8 Å². The minimum Gasteiger partial charge on any atom is -0.459 e. The highest BCUT2D eigenvalue weighted by molar-refractivity contribution is 5.78. The lowest BCUT2D eigenvalue weighted by molar-refractivity contribution is 0.523. The van der Waals surface area contributed by atoms with E-state index in [2.05, 4.69) is 12.1 Å². The first-order valence-corrected chi connectivity index (χ1v) is 6.56. The molecule has 0 saturated heterocycles. The van der Waals surface area contributed by atoms with Crippen LogP contribution in [0.3, 0.4) is 0 Å². The third-order valence-corrected chi connectivity index (χ3v) is 3.57. The van der Waals surface area contributed by atoms with Crippen LogP contribution in [0.2, 0.25) is 0 Å². The van der Waals surface area contributed by atoms with Crippen molar-refractivity contribution in [2.24, 2.45) is 5.73 Å². The van der Waals surface area contributed by atoms with Crippen molar-refractivity contribution in [1.29, 1.82) is 0 Å². The summed E-state index contributed by atoms with van der Waals surface area (Å²) in [5.41, 5.74) is 10.3. The quantitative estimate of drug-likeness (QED) is 0.756. The summed E-state index contributed by atoms with van der Waals surface area (Å²) in [6, 6.07) is 12.1. The number of rotatable bonds is 2. The second-order valence-electron chi connectivity index (χ2n) is 5.17. The van der Waals surface area contributed by atoms with Crippen LogP contribution in [0.25, 0.3) is 11.0 Å². The molecule has 0 radical (unpaired) electrons. The average molecular weight is 269 g/mol. The van der Waals surface area contributed by atoms with Crippen LogP contribution in [0, 0.1) is 19.7 Å². The third kappa shape index (κ3) is 2.21. The molecule has 0 spiro atoms. The van der Waals surface area contributed by atoms with Crippen molar-refractivity contribution in [2.45, 2.75) is 19.9 Å². The second-order valence-corrected chi connectivity index (χ2v) is 5.17. The van der Waals surface area contributed by atoms with Crippen LogP contribution >= 0.6 is 0 Å². The maximum atomic E-state index is 13.2. The van der Waals surface area contributed by atoms with E-state index in [4.69, 9.17) is 10.2 Å². The summed E-state index contributed by atoms with van der Waals surface area (Å²) in [6.07, 6.45) is 0. The Labute approximate surface area is 117 Å². The summed E-state index contributed by atoms with van der Waals surface area (Å²) >= 11 is 0. The minimum absolute atomic E-state index is 0.273. The number of halogens is 1. The molecule has 3 aromatic rings. The molecule has 2 N–H and O–H groups in total. The van der Waals surface area contributed by atoms with Gasteiger partial charge in [-0.05, 0) is 49.2 Å². The van der Waals surface area contributed by atoms with E-state index in [9.17, 15) is 4.39 Å². The van der Waals surface area contributed by atoms with E-state index < -0.39 is 0 Å². The van der Waals surface area contributed by atoms with Crippen LogP contribution in [0.5, 0.6) is 0 Å².